The zero-order chi connectivity index (χ0) is 17.6. The molecule has 2 N–H and O–H groups in total. The average Bonchev–Trinajstić information content (AvgIpc) is 2.90. The molecule has 2 rings (SSSR count). The Kier molecular flexibility index (Phi) is 6.62. The highest BCUT2D eigenvalue weighted by Gasteiger charge is 2.34. The van der Waals surface area contributed by atoms with Crippen LogP contribution < -0.4 is 5.73 Å². The molecule has 0 spiro atoms. The minimum absolute atomic E-state index is 0.0172. The quantitative estimate of drug-likeness (QED) is 0.561. The van der Waals surface area contributed by atoms with Crippen molar-refractivity contribution < 1.29 is 17.9 Å². The van der Waals surface area contributed by atoms with Gasteiger partial charge in [-0.2, -0.15) is 0 Å². The number of nitrogens with two attached hydrogens (primary N) is 1. The Bertz CT molecular complexity index is 660. The van der Waals surface area contributed by atoms with Gasteiger partial charge in [0, 0.05) is 38.4 Å². The lowest BCUT2D eigenvalue weighted by Crippen LogP contribution is -2.42. The van der Waals surface area contributed by atoms with E-state index in [0.29, 0.717) is 44.5 Å². The van der Waals surface area contributed by atoms with Gasteiger partial charge in [-0.15, -0.1) is 0 Å². The lowest BCUT2D eigenvalue weighted by Gasteiger charge is -2.28. The number of ether oxygens (including phenoxy) is 1. The molecule has 1 atom stereocenters. The highest BCUT2D eigenvalue weighted by molar-refractivity contribution is 7.91. The number of amides is 1. The molecule has 1 saturated heterocycles. The standard InChI is InChI=1S/C17H26N2O4S/c1-23-11-4-10-19(15-9-12-24(21,22)13-15)17(20)8-7-14-5-2-3-6-16(14)18/h2-3,5-6,15H,4,7-13,18H2,1H3. The molecule has 7 heteroatoms. The van der Waals surface area contributed by atoms with Crippen LogP contribution >= 0.6 is 0 Å². The Hall–Kier alpha value is -1.60. The maximum Gasteiger partial charge on any atom is 0.223 e. The third-order valence-electron chi connectivity index (χ3n) is 4.38. The van der Waals surface area contributed by atoms with Gasteiger partial charge in [0.2, 0.25) is 5.91 Å². The van der Waals surface area contributed by atoms with Crippen LogP contribution in [0.2, 0.25) is 0 Å². The van der Waals surface area contributed by atoms with Gasteiger partial charge in [-0.3, -0.25) is 4.79 Å². The number of sulfone groups is 1. The Labute approximate surface area is 143 Å². The summed E-state index contributed by atoms with van der Waals surface area (Å²) in [5.74, 6) is 0.216. The van der Waals surface area contributed by atoms with Crippen LogP contribution in [0, 0.1) is 0 Å². The molecule has 0 aliphatic carbocycles. The molecule has 1 aliphatic heterocycles. The van der Waals surface area contributed by atoms with Gasteiger partial charge in [0.15, 0.2) is 9.84 Å². The summed E-state index contributed by atoms with van der Waals surface area (Å²) in [6, 6.07) is 7.28. The van der Waals surface area contributed by atoms with E-state index in [4.69, 9.17) is 10.5 Å². The summed E-state index contributed by atoms with van der Waals surface area (Å²) in [6.45, 7) is 1.08. The van der Waals surface area contributed by atoms with Gasteiger partial charge in [-0.05, 0) is 30.9 Å². The molecule has 0 aromatic heterocycles. The minimum atomic E-state index is -3.02. The number of methoxy groups -OCH3 is 1. The Morgan fingerprint density at radius 1 is 1.38 bits per heavy atom. The number of para-hydroxylation sites is 1. The number of hydrogen-bond acceptors (Lipinski definition) is 5. The van der Waals surface area contributed by atoms with Crippen LogP contribution in [-0.4, -0.2) is 57.0 Å². The fraction of sp³-hybridized carbons (Fsp3) is 0.588. The van der Waals surface area contributed by atoms with E-state index in [-0.39, 0.29) is 23.5 Å². The van der Waals surface area contributed by atoms with E-state index < -0.39 is 9.84 Å². The fourth-order valence-corrected chi connectivity index (χ4v) is 4.79. The van der Waals surface area contributed by atoms with Crippen LogP contribution in [0.4, 0.5) is 5.69 Å². The number of carbonyl (C=O) groups is 1. The van der Waals surface area contributed by atoms with E-state index >= 15 is 0 Å². The van der Waals surface area contributed by atoms with Gasteiger partial charge in [0.05, 0.1) is 11.5 Å². The zero-order valence-electron chi connectivity index (χ0n) is 14.1. The molecule has 1 aromatic carbocycles. The third kappa shape index (κ3) is 5.21. The number of nitrogen functional groups attached to an aromatic ring is 1. The van der Waals surface area contributed by atoms with Crippen molar-refractivity contribution in [3.8, 4) is 0 Å². The van der Waals surface area contributed by atoms with Crippen molar-refractivity contribution in [1.82, 2.24) is 4.90 Å². The largest absolute Gasteiger partial charge is 0.399 e. The van der Waals surface area contributed by atoms with Crippen LogP contribution in [0.25, 0.3) is 0 Å². The van der Waals surface area contributed by atoms with Gasteiger partial charge in [-0.1, -0.05) is 18.2 Å². The Morgan fingerprint density at radius 2 is 2.12 bits per heavy atom. The second kappa shape index (κ2) is 8.48. The maximum absolute atomic E-state index is 12.7. The predicted octanol–water partition coefficient (Wildman–Crippen LogP) is 1.25. The topological polar surface area (TPSA) is 89.7 Å². The van der Waals surface area contributed by atoms with Gasteiger partial charge < -0.3 is 15.4 Å². The van der Waals surface area contributed by atoms with E-state index in [1.54, 1.807) is 12.0 Å². The minimum Gasteiger partial charge on any atom is -0.399 e. The zero-order valence-corrected chi connectivity index (χ0v) is 14.9. The second-order valence-electron chi connectivity index (χ2n) is 6.19. The summed E-state index contributed by atoms with van der Waals surface area (Å²) in [5.41, 5.74) is 7.54. The summed E-state index contributed by atoms with van der Waals surface area (Å²) in [6.07, 6.45) is 2.12. The monoisotopic (exact) mass is 354 g/mol. The maximum atomic E-state index is 12.7. The first-order valence-electron chi connectivity index (χ1n) is 8.25. The Morgan fingerprint density at radius 3 is 2.75 bits per heavy atom. The van der Waals surface area contributed by atoms with Crippen LogP contribution in [0.3, 0.4) is 0 Å². The predicted molar refractivity (Wildman–Crippen MR) is 94.4 cm³/mol. The molecule has 0 saturated carbocycles. The van der Waals surface area contributed by atoms with Crippen molar-refractivity contribution >= 4 is 21.4 Å². The number of benzene rings is 1. The molecule has 1 heterocycles. The average molecular weight is 354 g/mol. The number of carbonyl (C=O) groups excluding carboxylic acids is 1. The van der Waals surface area contributed by atoms with E-state index in [9.17, 15) is 13.2 Å². The smallest absolute Gasteiger partial charge is 0.223 e. The van der Waals surface area contributed by atoms with Crippen LogP contribution in [0.1, 0.15) is 24.8 Å². The van der Waals surface area contributed by atoms with Crippen LogP contribution in [0.15, 0.2) is 24.3 Å². The second-order valence-corrected chi connectivity index (χ2v) is 8.42. The summed E-state index contributed by atoms with van der Waals surface area (Å²) >= 11 is 0. The van der Waals surface area contributed by atoms with E-state index in [1.165, 1.54) is 0 Å². The number of aryl methyl sites for hydroxylation is 1. The summed E-state index contributed by atoms with van der Waals surface area (Å²) in [4.78, 5) is 14.4. The molecule has 0 bridgehead atoms. The molecular formula is C17H26N2O4S. The molecule has 1 fully saturated rings. The molecule has 0 radical (unpaired) electrons. The number of nitrogens with zero attached hydrogens (tertiary/aromatic N) is 1. The summed E-state index contributed by atoms with van der Waals surface area (Å²) in [5, 5.41) is 0. The SMILES string of the molecule is COCCCN(C(=O)CCc1ccccc1N)C1CCS(=O)(=O)C1. The van der Waals surface area contributed by atoms with Crippen molar-refractivity contribution in [2.24, 2.45) is 0 Å². The highest BCUT2D eigenvalue weighted by Crippen LogP contribution is 2.20. The molecular weight excluding hydrogens is 328 g/mol. The molecule has 1 aromatic rings. The fourth-order valence-electron chi connectivity index (χ4n) is 3.06. The molecule has 6 nitrogen and oxygen atoms in total. The van der Waals surface area contributed by atoms with Gasteiger partial charge in [0.25, 0.3) is 0 Å². The lowest BCUT2D eigenvalue weighted by molar-refractivity contribution is -0.133. The first kappa shape index (κ1) is 18.7. The highest BCUT2D eigenvalue weighted by atomic mass is 32.2. The van der Waals surface area contributed by atoms with E-state index in [2.05, 4.69) is 0 Å². The van der Waals surface area contributed by atoms with Crippen molar-refractivity contribution in [2.75, 3.05) is 37.5 Å². The molecule has 24 heavy (non-hydrogen) atoms. The van der Waals surface area contributed by atoms with E-state index in [0.717, 1.165) is 5.56 Å². The van der Waals surface area contributed by atoms with Crippen molar-refractivity contribution in [3.63, 3.8) is 0 Å². The summed E-state index contributed by atoms with van der Waals surface area (Å²) < 4.78 is 28.5. The van der Waals surface area contributed by atoms with Crippen molar-refractivity contribution in [2.45, 2.75) is 31.7 Å². The van der Waals surface area contributed by atoms with Crippen molar-refractivity contribution in [3.05, 3.63) is 29.8 Å². The molecule has 134 valence electrons. The molecule has 1 aliphatic rings. The summed E-state index contributed by atoms with van der Waals surface area (Å²) in [7, 11) is -1.41. The van der Waals surface area contributed by atoms with Gasteiger partial charge >= 0.3 is 0 Å². The first-order valence-corrected chi connectivity index (χ1v) is 10.1. The number of rotatable bonds is 8. The van der Waals surface area contributed by atoms with Crippen LogP contribution in [0.5, 0.6) is 0 Å². The van der Waals surface area contributed by atoms with E-state index in [1.807, 2.05) is 24.3 Å². The van der Waals surface area contributed by atoms with Gasteiger partial charge in [0.1, 0.15) is 0 Å². The lowest BCUT2D eigenvalue weighted by atomic mass is 10.1. The molecule has 1 unspecified atom stereocenters. The number of hydrogen-bond donors (Lipinski definition) is 1. The van der Waals surface area contributed by atoms with Crippen LogP contribution in [-0.2, 0) is 25.8 Å². The van der Waals surface area contributed by atoms with Crippen molar-refractivity contribution in [1.29, 1.82) is 0 Å². The normalized spacial score (nSPS) is 19.3. The third-order valence-corrected chi connectivity index (χ3v) is 6.13. The molecule has 1 amide bonds. The van der Waals surface area contributed by atoms with Gasteiger partial charge in [-0.25, -0.2) is 8.42 Å². The Balaban J connectivity index is 2.00. The number of anilines is 1. The first-order chi connectivity index (χ1) is 11.4.